The summed E-state index contributed by atoms with van der Waals surface area (Å²) in [6.07, 6.45) is -2.76. The molecule has 3 rings (SSSR count). The van der Waals surface area contributed by atoms with E-state index in [1.54, 1.807) is 43.5 Å². The molecule has 0 saturated heterocycles. The number of amidine groups is 1. The topological polar surface area (TPSA) is 64.8 Å². The van der Waals surface area contributed by atoms with Gasteiger partial charge in [0.1, 0.15) is 17.3 Å². The first-order valence-electron chi connectivity index (χ1n) is 7.44. The van der Waals surface area contributed by atoms with Crippen molar-refractivity contribution in [1.29, 1.82) is 0 Å². The monoisotopic (exact) mass is 351 g/mol. The van der Waals surface area contributed by atoms with E-state index >= 15 is 0 Å². The van der Waals surface area contributed by atoms with Gasteiger partial charge in [0, 0.05) is 26.5 Å². The van der Waals surface area contributed by atoms with Gasteiger partial charge in [0.2, 0.25) is 6.35 Å². The zero-order chi connectivity index (χ0) is 18.2. The molecule has 0 spiro atoms. The van der Waals surface area contributed by atoms with Crippen LogP contribution in [0.15, 0.2) is 41.7 Å². The van der Waals surface area contributed by atoms with Gasteiger partial charge >= 0.3 is 6.18 Å². The standard InChI is InChI=1S/C16H16F3N5O/c1-23(2)13-11-5-6-12(16(17,18)19)21-14(11)24(15(25)22-13)9-10-4-3-7-20-8-10/h3-8,15,25H,9H2,1-2H3. The summed E-state index contributed by atoms with van der Waals surface area (Å²) in [4.78, 5) is 14.8. The van der Waals surface area contributed by atoms with Crippen LogP contribution < -0.4 is 4.90 Å². The molecule has 6 nitrogen and oxygen atoms in total. The molecule has 0 fully saturated rings. The van der Waals surface area contributed by atoms with Gasteiger partial charge in [0.15, 0.2) is 0 Å². The number of pyridine rings is 2. The summed E-state index contributed by atoms with van der Waals surface area (Å²) in [7, 11) is 3.40. The molecule has 1 aliphatic rings. The van der Waals surface area contributed by atoms with Gasteiger partial charge in [-0.3, -0.25) is 4.98 Å². The van der Waals surface area contributed by atoms with Crippen molar-refractivity contribution in [3.8, 4) is 0 Å². The Hall–Kier alpha value is -2.68. The van der Waals surface area contributed by atoms with Gasteiger partial charge in [-0.1, -0.05) is 6.07 Å². The van der Waals surface area contributed by atoms with Crippen molar-refractivity contribution < 1.29 is 18.3 Å². The Bertz CT molecular complexity index is 792. The molecule has 9 heteroatoms. The minimum Gasteiger partial charge on any atom is -0.362 e. The summed E-state index contributed by atoms with van der Waals surface area (Å²) in [5, 5.41) is 10.4. The Morgan fingerprint density at radius 2 is 2.00 bits per heavy atom. The van der Waals surface area contributed by atoms with Crippen LogP contribution in [-0.2, 0) is 12.7 Å². The Kier molecular flexibility index (Phi) is 4.34. The van der Waals surface area contributed by atoms with E-state index in [0.29, 0.717) is 11.4 Å². The average Bonchev–Trinajstić information content (AvgIpc) is 2.56. The van der Waals surface area contributed by atoms with E-state index in [1.165, 1.54) is 11.0 Å². The molecule has 0 saturated carbocycles. The number of aliphatic hydroxyl groups is 1. The van der Waals surface area contributed by atoms with Gasteiger partial charge < -0.3 is 14.9 Å². The molecule has 0 amide bonds. The van der Waals surface area contributed by atoms with E-state index in [9.17, 15) is 18.3 Å². The summed E-state index contributed by atoms with van der Waals surface area (Å²) < 4.78 is 39.2. The molecule has 0 aromatic carbocycles. The third kappa shape index (κ3) is 3.41. The number of anilines is 1. The highest BCUT2D eigenvalue weighted by atomic mass is 19.4. The van der Waals surface area contributed by atoms with Gasteiger partial charge in [-0.05, 0) is 23.8 Å². The van der Waals surface area contributed by atoms with Crippen LogP contribution >= 0.6 is 0 Å². The van der Waals surface area contributed by atoms with Gasteiger partial charge in [0.05, 0.1) is 12.1 Å². The molecule has 132 valence electrons. The molecule has 1 unspecified atom stereocenters. The molecule has 0 bridgehead atoms. The number of hydrogen-bond acceptors (Lipinski definition) is 6. The van der Waals surface area contributed by atoms with Crippen LogP contribution in [0.25, 0.3) is 0 Å². The van der Waals surface area contributed by atoms with Crippen LogP contribution in [0, 0.1) is 0 Å². The van der Waals surface area contributed by atoms with E-state index < -0.39 is 18.2 Å². The van der Waals surface area contributed by atoms with Crippen LogP contribution in [0.5, 0.6) is 0 Å². The molecule has 3 heterocycles. The van der Waals surface area contributed by atoms with Gasteiger partial charge in [0.25, 0.3) is 0 Å². The second kappa shape index (κ2) is 6.32. The maximum absolute atomic E-state index is 13.1. The lowest BCUT2D eigenvalue weighted by molar-refractivity contribution is -0.141. The minimum atomic E-state index is -4.58. The predicted octanol–water partition coefficient (Wildman–Crippen LogP) is 2.10. The van der Waals surface area contributed by atoms with Crippen molar-refractivity contribution in [2.45, 2.75) is 19.1 Å². The number of rotatable bonds is 2. The normalized spacial score (nSPS) is 17.1. The number of halogens is 3. The second-order valence-corrected chi connectivity index (χ2v) is 5.75. The third-order valence-corrected chi connectivity index (χ3v) is 3.69. The maximum atomic E-state index is 13.1. The van der Waals surface area contributed by atoms with Crippen molar-refractivity contribution in [2.75, 3.05) is 19.0 Å². The van der Waals surface area contributed by atoms with Crippen molar-refractivity contribution in [3.05, 3.63) is 53.5 Å². The molecule has 1 N–H and O–H groups in total. The molecule has 1 aliphatic heterocycles. The smallest absolute Gasteiger partial charge is 0.362 e. The molecule has 0 aliphatic carbocycles. The van der Waals surface area contributed by atoms with Crippen LogP contribution in [0.2, 0.25) is 0 Å². The second-order valence-electron chi connectivity index (χ2n) is 5.75. The molecule has 1 atom stereocenters. The summed E-state index contributed by atoms with van der Waals surface area (Å²) >= 11 is 0. The fourth-order valence-corrected chi connectivity index (χ4v) is 2.56. The summed E-state index contributed by atoms with van der Waals surface area (Å²) in [6, 6.07) is 5.71. The van der Waals surface area contributed by atoms with Crippen molar-refractivity contribution in [3.63, 3.8) is 0 Å². The lowest BCUT2D eigenvalue weighted by Gasteiger charge is -2.34. The number of fused-ring (bicyclic) bond motifs is 1. The number of nitrogens with zero attached hydrogens (tertiary/aromatic N) is 5. The number of aromatic nitrogens is 2. The van der Waals surface area contributed by atoms with Crippen LogP contribution in [0.3, 0.4) is 0 Å². The predicted molar refractivity (Wildman–Crippen MR) is 85.9 cm³/mol. The lowest BCUT2D eigenvalue weighted by Crippen LogP contribution is -2.42. The number of alkyl halides is 3. The van der Waals surface area contributed by atoms with E-state index in [4.69, 9.17) is 0 Å². The molecule has 0 radical (unpaired) electrons. The Morgan fingerprint density at radius 3 is 2.60 bits per heavy atom. The molecular weight excluding hydrogens is 335 g/mol. The molecule has 25 heavy (non-hydrogen) atoms. The highest BCUT2D eigenvalue weighted by molar-refractivity contribution is 6.04. The fourth-order valence-electron chi connectivity index (χ4n) is 2.56. The van der Waals surface area contributed by atoms with E-state index in [0.717, 1.165) is 11.6 Å². The summed E-state index contributed by atoms with van der Waals surface area (Å²) in [5.74, 6) is 0.399. The van der Waals surface area contributed by atoms with Crippen LogP contribution in [0.1, 0.15) is 16.8 Å². The first-order chi connectivity index (χ1) is 11.8. The van der Waals surface area contributed by atoms with E-state index in [1.807, 2.05) is 0 Å². The summed E-state index contributed by atoms with van der Waals surface area (Å²) in [5.41, 5.74) is 0.122. The van der Waals surface area contributed by atoms with Crippen LogP contribution in [0.4, 0.5) is 19.0 Å². The average molecular weight is 351 g/mol. The first kappa shape index (κ1) is 17.2. The number of aliphatic imine (C=N–C) groups is 1. The molecule has 2 aromatic rings. The van der Waals surface area contributed by atoms with E-state index in [-0.39, 0.29) is 12.4 Å². The number of aliphatic hydroxyl groups excluding tert-OH is 1. The van der Waals surface area contributed by atoms with Crippen LogP contribution in [-0.4, -0.2) is 46.3 Å². The lowest BCUT2D eigenvalue weighted by atomic mass is 10.1. The largest absolute Gasteiger partial charge is 0.433 e. The Balaban J connectivity index is 2.09. The first-order valence-corrected chi connectivity index (χ1v) is 7.44. The summed E-state index contributed by atoms with van der Waals surface area (Å²) in [6.45, 7) is 0.126. The molecular formula is C16H16F3N5O. The van der Waals surface area contributed by atoms with Gasteiger partial charge in [-0.2, -0.15) is 13.2 Å². The fraction of sp³-hybridized carbons (Fsp3) is 0.312. The molecule has 2 aromatic heterocycles. The Labute approximate surface area is 142 Å². The highest BCUT2D eigenvalue weighted by Gasteiger charge is 2.36. The third-order valence-electron chi connectivity index (χ3n) is 3.69. The van der Waals surface area contributed by atoms with Crippen molar-refractivity contribution in [2.24, 2.45) is 4.99 Å². The number of hydrogen-bond donors (Lipinski definition) is 1. The minimum absolute atomic E-state index is 0.0323. The quantitative estimate of drug-likeness (QED) is 0.898. The van der Waals surface area contributed by atoms with Gasteiger partial charge in [-0.15, -0.1) is 0 Å². The Morgan fingerprint density at radius 1 is 1.24 bits per heavy atom. The van der Waals surface area contributed by atoms with Crippen molar-refractivity contribution in [1.82, 2.24) is 14.9 Å². The highest BCUT2D eigenvalue weighted by Crippen LogP contribution is 2.34. The zero-order valence-electron chi connectivity index (χ0n) is 13.6. The van der Waals surface area contributed by atoms with E-state index in [2.05, 4.69) is 15.0 Å². The maximum Gasteiger partial charge on any atom is 0.433 e. The SMILES string of the molecule is CN(C)C1=NC(O)N(Cc2cccnc2)c2nc(C(F)(F)F)ccc21. The zero-order valence-corrected chi connectivity index (χ0v) is 13.6. The van der Waals surface area contributed by atoms with Gasteiger partial charge in [-0.25, -0.2) is 9.98 Å². The van der Waals surface area contributed by atoms with Crippen molar-refractivity contribution >= 4 is 11.7 Å².